The Balaban J connectivity index is 3.09. The van der Waals surface area contributed by atoms with Gasteiger partial charge < -0.3 is 21.7 Å². The van der Waals surface area contributed by atoms with Gasteiger partial charge in [-0.15, -0.1) is 0 Å². The van der Waals surface area contributed by atoms with Gasteiger partial charge in [0, 0.05) is 16.6 Å². The summed E-state index contributed by atoms with van der Waals surface area (Å²) in [6.45, 7) is 1.70. The molecule has 0 saturated heterocycles. The van der Waals surface area contributed by atoms with E-state index in [2.05, 4.69) is 20.9 Å². The summed E-state index contributed by atoms with van der Waals surface area (Å²) in [6.07, 6.45) is -1.91. The Morgan fingerprint density at radius 3 is 2.60 bits per heavy atom. The molecule has 0 radical (unpaired) electrons. The molecule has 0 fully saturated rings. The summed E-state index contributed by atoms with van der Waals surface area (Å²) < 4.78 is 0. The molecule has 0 aliphatic heterocycles. The summed E-state index contributed by atoms with van der Waals surface area (Å²) in [5, 5.41) is 19.5. The first-order chi connectivity index (χ1) is 6.97. The van der Waals surface area contributed by atoms with Crippen molar-refractivity contribution in [3.8, 4) is 0 Å². The summed E-state index contributed by atoms with van der Waals surface area (Å²) in [5.41, 5.74) is 12.4. The number of pyridine rings is 1. The van der Waals surface area contributed by atoms with Crippen molar-refractivity contribution in [2.45, 2.75) is 19.1 Å². The fourth-order valence-corrected chi connectivity index (χ4v) is 1.60. The first kappa shape index (κ1) is 12.2. The number of aliphatic hydroxyl groups excluding tert-OH is 2. The van der Waals surface area contributed by atoms with Gasteiger partial charge in [0.25, 0.3) is 0 Å². The molecule has 6 heteroatoms. The van der Waals surface area contributed by atoms with Crippen LogP contribution in [-0.4, -0.2) is 26.6 Å². The van der Waals surface area contributed by atoms with Crippen molar-refractivity contribution < 1.29 is 10.2 Å². The van der Waals surface area contributed by atoms with Crippen LogP contribution in [0.5, 0.6) is 0 Å². The summed E-state index contributed by atoms with van der Waals surface area (Å²) >= 11 is 3.08. The average molecular weight is 276 g/mol. The molecule has 0 aliphatic carbocycles. The maximum Gasteiger partial charge on any atom is 0.146 e. The smallest absolute Gasteiger partial charge is 0.146 e. The maximum atomic E-state index is 9.77. The van der Waals surface area contributed by atoms with Gasteiger partial charge in [-0.1, -0.05) is 15.9 Å². The SMILES string of the molecule is Cc1nc(N)c(N)cc1C(O)C(O)CBr. The number of nitrogens with two attached hydrogens (primary N) is 2. The van der Waals surface area contributed by atoms with Crippen LogP contribution in [0.25, 0.3) is 0 Å². The highest BCUT2D eigenvalue weighted by molar-refractivity contribution is 9.09. The highest BCUT2D eigenvalue weighted by Crippen LogP contribution is 2.25. The van der Waals surface area contributed by atoms with E-state index in [1.165, 1.54) is 6.07 Å². The minimum absolute atomic E-state index is 0.233. The monoisotopic (exact) mass is 275 g/mol. The highest BCUT2D eigenvalue weighted by atomic mass is 79.9. The summed E-state index contributed by atoms with van der Waals surface area (Å²) in [6, 6.07) is 1.54. The normalized spacial score (nSPS) is 14.9. The minimum Gasteiger partial charge on any atom is -0.396 e. The van der Waals surface area contributed by atoms with Gasteiger partial charge in [0.2, 0.25) is 0 Å². The third-order valence-corrected chi connectivity index (χ3v) is 2.82. The van der Waals surface area contributed by atoms with Crippen molar-refractivity contribution in [1.82, 2.24) is 4.98 Å². The Labute approximate surface area is 96.2 Å². The molecule has 15 heavy (non-hydrogen) atoms. The standard InChI is InChI=1S/C9H14BrN3O2/c1-4-5(8(15)7(14)3-10)2-6(11)9(12)13-4/h2,7-8,14-15H,3,11H2,1H3,(H2,12,13). The van der Waals surface area contributed by atoms with Gasteiger partial charge in [-0.3, -0.25) is 0 Å². The Hall–Kier alpha value is -0.850. The Bertz CT molecular complexity index is 359. The largest absolute Gasteiger partial charge is 0.396 e. The zero-order valence-corrected chi connectivity index (χ0v) is 9.90. The van der Waals surface area contributed by atoms with E-state index in [-0.39, 0.29) is 11.1 Å². The third-order valence-electron chi connectivity index (χ3n) is 2.15. The molecule has 0 aliphatic rings. The quantitative estimate of drug-likeness (QED) is 0.596. The van der Waals surface area contributed by atoms with Crippen LogP contribution in [0.15, 0.2) is 6.07 Å². The Morgan fingerprint density at radius 2 is 2.07 bits per heavy atom. The number of hydrogen-bond acceptors (Lipinski definition) is 5. The number of rotatable bonds is 3. The lowest BCUT2D eigenvalue weighted by Crippen LogP contribution is -2.21. The van der Waals surface area contributed by atoms with E-state index in [1.54, 1.807) is 6.92 Å². The minimum atomic E-state index is -1.01. The first-order valence-electron chi connectivity index (χ1n) is 4.42. The fourth-order valence-electron chi connectivity index (χ4n) is 1.25. The van der Waals surface area contributed by atoms with E-state index in [4.69, 9.17) is 11.5 Å². The number of nitrogens with zero attached hydrogens (tertiary/aromatic N) is 1. The number of halogens is 1. The molecule has 0 amide bonds. The van der Waals surface area contributed by atoms with Crippen LogP contribution in [0.1, 0.15) is 17.4 Å². The van der Waals surface area contributed by atoms with E-state index in [0.29, 0.717) is 16.9 Å². The average Bonchev–Trinajstić information content (AvgIpc) is 2.21. The van der Waals surface area contributed by atoms with Gasteiger partial charge in [0.1, 0.15) is 11.9 Å². The van der Waals surface area contributed by atoms with Crippen molar-refractivity contribution in [1.29, 1.82) is 0 Å². The van der Waals surface area contributed by atoms with E-state index in [0.717, 1.165) is 0 Å². The predicted octanol–water partition coefficient (Wildman–Crippen LogP) is 0.344. The topological polar surface area (TPSA) is 105 Å². The number of alkyl halides is 1. The number of aromatic nitrogens is 1. The lowest BCUT2D eigenvalue weighted by atomic mass is 10.0. The molecule has 1 rings (SSSR count). The van der Waals surface area contributed by atoms with Crippen molar-refractivity contribution in [2.75, 3.05) is 16.8 Å². The highest BCUT2D eigenvalue weighted by Gasteiger charge is 2.20. The van der Waals surface area contributed by atoms with E-state index in [9.17, 15) is 10.2 Å². The van der Waals surface area contributed by atoms with Crippen molar-refractivity contribution in [3.05, 3.63) is 17.3 Å². The number of anilines is 2. The van der Waals surface area contributed by atoms with Crippen LogP contribution in [0.2, 0.25) is 0 Å². The number of hydrogen-bond donors (Lipinski definition) is 4. The van der Waals surface area contributed by atoms with Gasteiger partial charge in [-0.2, -0.15) is 0 Å². The zero-order valence-electron chi connectivity index (χ0n) is 8.31. The Morgan fingerprint density at radius 1 is 1.47 bits per heavy atom. The van der Waals surface area contributed by atoms with Crippen LogP contribution in [0, 0.1) is 6.92 Å². The third kappa shape index (κ3) is 2.58. The molecular weight excluding hydrogens is 262 g/mol. The van der Waals surface area contributed by atoms with Crippen molar-refractivity contribution in [3.63, 3.8) is 0 Å². The molecule has 0 saturated carbocycles. The molecule has 2 atom stereocenters. The number of aryl methyl sites for hydroxylation is 1. The zero-order chi connectivity index (χ0) is 11.6. The summed E-state index contributed by atoms with van der Waals surface area (Å²) in [7, 11) is 0. The molecule has 0 bridgehead atoms. The first-order valence-corrected chi connectivity index (χ1v) is 5.54. The summed E-state index contributed by atoms with van der Waals surface area (Å²) in [5.74, 6) is 0.233. The number of nitrogen functional groups attached to an aromatic ring is 2. The van der Waals surface area contributed by atoms with Crippen LogP contribution >= 0.6 is 15.9 Å². The van der Waals surface area contributed by atoms with Crippen LogP contribution in [-0.2, 0) is 0 Å². The van der Waals surface area contributed by atoms with E-state index < -0.39 is 12.2 Å². The van der Waals surface area contributed by atoms with Gasteiger partial charge in [0.15, 0.2) is 0 Å². The van der Waals surface area contributed by atoms with Crippen LogP contribution in [0.4, 0.5) is 11.5 Å². The van der Waals surface area contributed by atoms with Crippen molar-refractivity contribution >= 4 is 27.4 Å². The van der Waals surface area contributed by atoms with Gasteiger partial charge in [-0.25, -0.2) is 4.98 Å². The summed E-state index contributed by atoms with van der Waals surface area (Å²) in [4.78, 5) is 3.98. The lowest BCUT2D eigenvalue weighted by molar-refractivity contribution is 0.0337. The molecule has 0 spiro atoms. The molecule has 0 aromatic carbocycles. The van der Waals surface area contributed by atoms with Gasteiger partial charge in [-0.05, 0) is 13.0 Å². The van der Waals surface area contributed by atoms with Crippen LogP contribution in [0.3, 0.4) is 0 Å². The second-order valence-corrected chi connectivity index (χ2v) is 3.95. The Kier molecular flexibility index (Phi) is 3.90. The molecular formula is C9H14BrN3O2. The molecule has 1 heterocycles. The molecule has 5 nitrogen and oxygen atoms in total. The molecule has 2 unspecified atom stereocenters. The van der Waals surface area contributed by atoms with E-state index in [1.807, 2.05) is 0 Å². The lowest BCUT2D eigenvalue weighted by Gasteiger charge is -2.18. The molecule has 1 aromatic rings. The van der Waals surface area contributed by atoms with E-state index >= 15 is 0 Å². The van der Waals surface area contributed by atoms with Crippen molar-refractivity contribution in [2.24, 2.45) is 0 Å². The second-order valence-electron chi connectivity index (χ2n) is 3.30. The predicted molar refractivity (Wildman–Crippen MR) is 62.6 cm³/mol. The fraction of sp³-hybridized carbons (Fsp3) is 0.444. The van der Waals surface area contributed by atoms with Gasteiger partial charge >= 0.3 is 0 Å². The molecule has 1 aromatic heterocycles. The molecule has 84 valence electrons. The van der Waals surface area contributed by atoms with Crippen LogP contribution < -0.4 is 11.5 Å². The molecule has 6 N–H and O–H groups in total. The maximum absolute atomic E-state index is 9.77. The van der Waals surface area contributed by atoms with Gasteiger partial charge in [0.05, 0.1) is 11.8 Å². The number of aliphatic hydroxyl groups is 2. The second kappa shape index (κ2) is 4.78.